The zero-order valence-corrected chi connectivity index (χ0v) is 8.29. The fraction of sp³-hybridized carbons (Fsp3) is 0.889. The first-order valence-electron chi connectivity index (χ1n) is 4.84. The van der Waals surface area contributed by atoms with E-state index in [1.165, 1.54) is 0 Å². The zero-order chi connectivity index (χ0) is 9.47. The van der Waals surface area contributed by atoms with Gasteiger partial charge in [-0.1, -0.05) is 0 Å². The molecule has 2 rings (SSSR count). The summed E-state index contributed by atoms with van der Waals surface area (Å²) in [7, 11) is 0. The Bertz CT molecular complexity index is 239. The SMILES string of the molecule is CC(C)N1CCC2(CN=C(N)O2)C1. The fourth-order valence-corrected chi connectivity index (χ4v) is 2.04. The molecule has 74 valence electrons. The Morgan fingerprint density at radius 1 is 1.62 bits per heavy atom. The highest BCUT2D eigenvalue weighted by molar-refractivity contribution is 5.73. The van der Waals surface area contributed by atoms with Crippen LogP contribution in [-0.2, 0) is 4.74 Å². The van der Waals surface area contributed by atoms with Crippen LogP contribution in [0.25, 0.3) is 0 Å². The van der Waals surface area contributed by atoms with E-state index >= 15 is 0 Å². The monoisotopic (exact) mass is 183 g/mol. The molecule has 13 heavy (non-hydrogen) atoms. The summed E-state index contributed by atoms with van der Waals surface area (Å²) >= 11 is 0. The summed E-state index contributed by atoms with van der Waals surface area (Å²) in [6, 6.07) is 0.954. The van der Waals surface area contributed by atoms with Gasteiger partial charge in [-0.3, -0.25) is 4.90 Å². The van der Waals surface area contributed by atoms with E-state index in [0.717, 1.165) is 26.1 Å². The molecule has 0 amide bonds. The number of hydrogen-bond donors (Lipinski definition) is 1. The minimum absolute atomic E-state index is 0.0889. The molecule has 0 radical (unpaired) electrons. The number of amidine groups is 1. The topological polar surface area (TPSA) is 50.8 Å². The molecule has 0 bridgehead atoms. The molecule has 1 atom stereocenters. The maximum Gasteiger partial charge on any atom is 0.282 e. The van der Waals surface area contributed by atoms with Crippen molar-refractivity contribution >= 4 is 6.02 Å². The molecule has 4 heteroatoms. The van der Waals surface area contributed by atoms with Gasteiger partial charge in [-0.15, -0.1) is 0 Å². The van der Waals surface area contributed by atoms with E-state index in [1.54, 1.807) is 0 Å². The second kappa shape index (κ2) is 2.87. The molecule has 2 aliphatic heterocycles. The van der Waals surface area contributed by atoms with E-state index in [0.29, 0.717) is 12.1 Å². The molecule has 1 unspecified atom stereocenters. The van der Waals surface area contributed by atoms with Crippen molar-refractivity contribution < 1.29 is 4.74 Å². The summed E-state index contributed by atoms with van der Waals surface area (Å²) in [5, 5.41) is 0. The highest BCUT2D eigenvalue weighted by Crippen LogP contribution is 2.30. The van der Waals surface area contributed by atoms with Crippen molar-refractivity contribution in [1.29, 1.82) is 0 Å². The maximum atomic E-state index is 5.58. The fourth-order valence-electron chi connectivity index (χ4n) is 2.04. The first kappa shape index (κ1) is 8.81. The van der Waals surface area contributed by atoms with Gasteiger partial charge < -0.3 is 10.5 Å². The van der Waals surface area contributed by atoms with Crippen molar-refractivity contribution in [1.82, 2.24) is 4.90 Å². The molecule has 2 N–H and O–H groups in total. The van der Waals surface area contributed by atoms with Gasteiger partial charge in [-0.2, -0.15) is 0 Å². The van der Waals surface area contributed by atoms with Gasteiger partial charge in [0.2, 0.25) is 0 Å². The van der Waals surface area contributed by atoms with Crippen molar-refractivity contribution in [2.24, 2.45) is 10.7 Å². The van der Waals surface area contributed by atoms with Crippen molar-refractivity contribution in [2.75, 3.05) is 19.6 Å². The molecule has 1 spiro atoms. The van der Waals surface area contributed by atoms with Crippen molar-refractivity contribution in [3.63, 3.8) is 0 Å². The van der Waals surface area contributed by atoms with Crippen molar-refractivity contribution in [3.8, 4) is 0 Å². The van der Waals surface area contributed by atoms with E-state index in [4.69, 9.17) is 10.5 Å². The quantitative estimate of drug-likeness (QED) is 0.631. The standard InChI is InChI=1S/C9H17N3O/c1-7(2)12-4-3-9(6-12)5-11-8(10)13-9/h7H,3-6H2,1-2H3,(H2,10,11). The van der Waals surface area contributed by atoms with Gasteiger partial charge in [0.25, 0.3) is 6.02 Å². The molecular formula is C9H17N3O. The van der Waals surface area contributed by atoms with Crippen LogP contribution in [0.2, 0.25) is 0 Å². The van der Waals surface area contributed by atoms with Gasteiger partial charge >= 0.3 is 0 Å². The first-order chi connectivity index (χ1) is 6.11. The Hall–Kier alpha value is -0.770. The second-order valence-electron chi connectivity index (χ2n) is 4.25. The molecule has 0 aromatic rings. The molecule has 0 aromatic heterocycles. The van der Waals surface area contributed by atoms with Gasteiger partial charge in [0.1, 0.15) is 5.60 Å². The predicted molar refractivity (Wildman–Crippen MR) is 51.6 cm³/mol. The summed E-state index contributed by atoms with van der Waals surface area (Å²) in [5.41, 5.74) is 5.43. The van der Waals surface area contributed by atoms with Crippen LogP contribution in [0.3, 0.4) is 0 Å². The Morgan fingerprint density at radius 2 is 2.38 bits per heavy atom. The summed E-state index contributed by atoms with van der Waals surface area (Å²) in [5.74, 6) is 0. The third-order valence-corrected chi connectivity index (χ3v) is 2.92. The lowest BCUT2D eigenvalue weighted by atomic mass is 10.0. The number of rotatable bonds is 1. The second-order valence-corrected chi connectivity index (χ2v) is 4.25. The van der Waals surface area contributed by atoms with E-state index < -0.39 is 0 Å². The van der Waals surface area contributed by atoms with Crippen LogP contribution >= 0.6 is 0 Å². The van der Waals surface area contributed by atoms with E-state index in [2.05, 4.69) is 23.7 Å². The van der Waals surface area contributed by atoms with Gasteiger partial charge in [0.05, 0.1) is 6.54 Å². The normalized spacial score (nSPS) is 34.2. The number of hydrogen-bond acceptors (Lipinski definition) is 4. The first-order valence-corrected chi connectivity index (χ1v) is 4.84. The smallest absolute Gasteiger partial charge is 0.282 e. The van der Waals surface area contributed by atoms with Crippen molar-refractivity contribution in [2.45, 2.75) is 31.9 Å². The van der Waals surface area contributed by atoms with Crippen LogP contribution < -0.4 is 5.73 Å². The molecule has 2 heterocycles. The molecular weight excluding hydrogens is 166 g/mol. The van der Waals surface area contributed by atoms with Crippen LogP contribution in [-0.4, -0.2) is 42.2 Å². The molecule has 4 nitrogen and oxygen atoms in total. The predicted octanol–water partition coefficient (Wildman–Crippen LogP) is 0.184. The number of nitrogens with two attached hydrogens (primary N) is 1. The molecule has 0 saturated carbocycles. The maximum absolute atomic E-state index is 5.58. The van der Waals surface area contributed by atoms with E-state index in [-0.39, 0.29) is 5.60 Å². The third kappa shape index (κ3) is 1.50. The van der Waals surface area contributed by atoms with Crippen LogP contribution in [0, 0.1) is 0 Å². The average Bonchev–Trinajstić information content (AvgIpc) is 2.61. The number of nitrogens with zero attached hydrogens (tertiary/aromatic N) is 2. The summed E-state index contributed by atoms with van der Waals surface area (Å²) in [6.45, 7) is 7.22. The highest BCUT2D eigenvalue weighted by Gasteiger charge is 2.44. The van der Waals surface area contributed by atoms with Gasteiger partial charge in [-0.25, -0.2) is 4.99 Å². The van der Waals surface area contributed by atoms with Gasteiger partial charge in [0, 0.05) is 25.6 Å². The van der Waals surface area contributed by atoms with Crippen LogP contribution in [0.15, 0.2) is 4.99 Å². The summed E-state index contributed by atoms with van der Waals surface area (Å²) < 4.78 is 5.58. The summed E-state index contributed by atoms with van der Waals surface area (Å²) in [6.07, 6.45) is 1.05. The lowest BCUT2D eigenvalue weighted by Crippen LogP contribution is -2.39. The molecule has 0 aliphatic carbocycles. The molecule has 1 saturated heterocycles. The van der Waals surface area contributed by atoms with Crippen LogP contribution in [0.4, 0.5) is 0 Å². The average molecular weight is 183 g/mol. The van der Waals surface area contributed by atoms with Gasteiger partial charge in [0.15, 0.2) is 0 Å². The highest BCUT2D eigenvalue weighted by atomic mass is 16.5. The Labute approximate surface area is 78.8 Å². The Morgan fingerprint density at radius 3 is 2.85 bits per heavy atom. The minimum Gasteiger partial charge on any atom is -0.455 e. The zero-order valence-electron chi connectivity index (χ0n) is 8.29. The molecule has 1 fully saturated rings. The Balaban J connectivity index is 1.99. The third-order valence-electron chi connectivity index (χ3n) is 2.92. The molecule has 0 aromatic carbocycles. The Kier molecular flexibility index (Phi) is 1.95. The lowest BCUT2D eigenvalue weighted by Gasteiger charge is -2.24. The van der Waals surface area contributed by atoms with Crippen molar-refractivity contribution in [3.05, 3.63) is 0 Å². The van der Waals surface area contributed by atoms with E-state index in [9.17, 15) is 0 Å². The lowest BCUT2D eigenvalue weighted by molar-refractivity contribution is 0.0881. The van der Waals surface area contributed by atoms with Crippen LogP contribution in [0.1, 0.15) is 20.3 Å². The van der Waals surface area contributed by atoms with Gasteiger partial charge in [-0.05, 0) is 13.8 Å². The number of aliphatic imine (C=N–C) groups is 1. The summed E-state index contributed by atoms with van der Waals surface area (Å²) in [4.78, 5) is 6.52. The van der Waals surface area contributed by atoms with Crippen LogP contribution in [0.5, 0.6) is 0 Å². The molecule has 2 aliphatic rings. The van der Waals surface area contributed by atoms with E-state index in [1.807, 2.05) is 0 Å². The number of ether oxygens (including phenoxy) is 1. The minimum atomic E-state index is -0.0889. The number of likely N-dealkylation sites (tertiary alicyclic amines) is 1. The largest absolute Gasteiger partial charge is 0.455 e.